The fourth-order valence-corrected chi connectivity index (χ4v) is 3.41. The molecule has 142 valence electrons. The van der Waals surface area contributed by atoms with Crippen molar-refractivity contribution in [1.82, 2.24) is 10.2 Å². The molecule has 2 aromatic rings. The molecule has 1 heterocycles. The highest BCUT2D eigenvalue weighted by Gasteiger charge is 2.23. The number of carbonyl (C=O) groups excluding carboxylic acids is 2. The Morgan fingerprint density at radius 2 is 1.63 bits per heavy atom. The van der Waals surface area contributed by atoms with Crippen LogP contribution in [0, 0.1) is 5.92 Å². The summed E-state index contributed by atoms with van der Waals surface area (Å²) < 4.78 is 0. The van der Waals surface area contributed by atoms with Gasteiger partial charge in [-0.15, -0.1) is 0 Å². The molecule has 2 unspecified atom stereocenters. The first-order valence-corrected chi connectivity index (χ1v) is 9.49. The first kappa shape index (κ1) is 19.1. The highest BCUT2D eigenvalue weighted by atomic mass is 16.2. The Morgan fingerprint density at radius 1 is 1.04 bits per heavy atom. The van der Waals surface area contributed by atoms with Crippen molar-refractivity contribution in [3.05, 3.63) is 71.3 Å². The summed E-state index contributed by atoms with van der Waals surface area (Å²) in [6, 6.07) is 17.4. The van der Waals surface area contributed by atoms with Crippen LogP contribution in [-0.4, -0.2) is 23.3 Å². The van der Waals surface area contributed by atoms with E-state index in [-0.39, 0.29) is 23.8 Å². The largest absolute Gasteiger partial charge is 0.356 e. The van der Waals surface area contributed by atoms with Gasteiger partial charge in [-0.1, -0.05) is 61.5 Å². The minimum Gasteiger partial charge on any atom is -0.356 e. The van der Waals surface area contributed by atoms with E-state index in [0.717, 1.165) is 5.56 Å². The zero-order valence-electron chi connectivity index (χ0n) is 15.7. The van der Waals surface area contributed by atoms with Gasteiger partial charge in [-0.05, 0) is 23.1 Å². The quantitative estimate of drug-likeness (QED) is 0.741. The molecule has 0 spiro atoms. The number of hydrogen-bond acceptors (Lipinski definition) is 3. The summed E-state index contributed by atoms with van der Waals surface area (Å²) in [5.74, 6) is -0.266. The maximum atomic E-state index is 12.4. The van der Waals surface area contributed by atoms with Gasteiger partial charge in [0.2, 0.25) is 11.8 Å². The van der Waals surface area contributed by atoms with Crippen LogP contribution in [0.2, 0.25) is 0 Å². The van der Waals surface area contributed by atoms with Gasteiger partial charge in [0.25, 0.3) is 0 Å². The first-order valence-electron chi connectivity index (χ1n) is 9.49. The van der Waals surface area contributed by atoms with Crippen LogP contribution in [0.15, 0.2) is 54.6 Å². The molecule has 5 nitrogen and oxygen atoms in total. The Morgan fingerprint density at radius 3 is 2.26 bits per heavy atom. The monoisotopic (exact) mass is 365 g/mol. The topological polar surface area (TPSA) is 75.4 Å². The van der Waals surface area contributed by atoms with Gasteiger partial charge in [-0.3, -0.25) is 9.59 Å². The molecule has 2 atom stereocenters. The summed E-state index contributed by atoms with van der Waals surface area (Å²) in [6.07, 6.45) is 1.07. The van der Waals surface area contributed by atoms with Crippen LogP contribution in [0.4, 0.5) is 0 Å². The lowest BCUT2D eigenvalue weighted by atomic mass is 9.94. The third-order valence-electron chi connectivity index (χ3n) is 5.20. The van der Waals surface area contributed by atoms with Gasteiger partial charge in [-0.2, -0.15) is 0 Å². The van der Waals surface area contributed by atoms with Crippen LogP contribution in [0.1, 0.15) is 42.5 Å². The van der Waals surface area contributed by atoms with Gasteiger partial charge in [0.1, 0.15) is 0 Å². The lowest BCUT2D eigenvalue weighted by molar-refractivity contribution is -0.132. The summed E-state index contributed by atoms with van der Waals surface area (Å²) in [4.78, 5) is 26.6. The molecule has 2 amide bonds. The van der Waals surface area contributed by atoms with Crippen molar-refractivity contribution in [2.45, 2.75) is 38.9 Å². The lowest BCUT2D eigenvalue weighted by Gasteiger charge is -2.20. The first-order chi connectivity index (χ1) is 13.1. The average molecular weight is 365 g/mol. The van der Waals surface area contributed by atoms with Crippen molar-refractivity contribution in [2.75, 3.05) is 6.54 Å². The zero-order chi connectivity index (χ0) is 19.2. The molecule has 5 heteroatoms. The maximum Gasteiger partial charge on any atom is 0.224 e. The van der Waals surface area contributed by atoms with Gasteiger partial charge in [0.15, 0.2) is 0 Å². The van der Waals surface area contributed by atoms with E-state index < -0.39 is 0 Å². The summed E-state index contributed by atoms with van der Waals surface area (Å²) in [6.45, 7) is 3.69. The van der Waals surface area contributed by atoms with Gasteiger partial charge >= 0.3 is 0 Å². The molecule has 1 aliphatic heterocycles. The number of benzene rings is 2. The van der Waals surface area contributed by atoms with Crippen LogP contribution in [-0.2, 0) is 22.7 Å². The summed E-state index contributed by atoms with van der Waals surface area (Å²) in [5.41, 5.74) is 9.59. The van der Waals surface area contributed by atoms with E-state index in [4.69, 9.17) is 5.73 Å². The molecule has 0 bridgehead atoms. The van der Waals surface area contributed by atoms with Crippen LogP contribution < -0.4 is 11.1 Å². The van der Waals surface area contributed by atoms with E-state index in [1.54, 1.807) is 0 Å². The molecule has 0 saturated heterocycles. The van der Waals surface area contributed by atoms with E-state index in [0.29, 0.717) is 32.5 Å². The second kappa shape index (κ2) is 8.82. The number of nitrogens with zero attached hydrogens (tertiary/aromatic N) is 1. The second-order valence-corrected chi connectivity index (χ2v) is 7.14. The number of rotatable bonds is 7. The van der Waals surface area contributed by atoms with E-state index >= 15 is 0 Å². The van der Waals surface area contributed by atoms with E-state index in [1.165, 1.54) is 11.1 Å². The standard InChI is InChI=1S/C22H27N3O2/c1-16(21(23)17-8-3-2-4-9-17)22(27)24-13-7-12-20(26)25-14-18-10-5-6-11-19(18)15-25/h2-6,8-11,16,21H,7,12-15,23H2,1H3,(H,24,27). The molecule has 2 aromatic carbocycles. The SMILES string of the molecule is CC(C(=O)NCCCC(=O)N1Cc2ccccc2C1)C(N)c1ccccc1. The third kappa shape index (κ3) is 4.74. The van der Waals surface area contributed by atoms with E-state index in [2.05, 4.69) is 17.4 Å². The molecule has 0 radical (unpaired) electrons. The average Bonchev–Trinajstić information content (AvgIpc) is 3.14. The molecule has 27 heavy (non-hydrogen) atoms. The molecule has 0 aliphatic carbocycles. The van der Waals surface area contributed by atoms with Crippen LogP contribution in [0.5, 0.6) is 0 Å². The Hall–Kier alpha value is -2.66. The summed E-state index contributed by atoms with van der Waals surface area (Å²) >= 11 is 0. The number of hydrogen-bond donors (Lipinski definition) is 2. The molecule has 0 fully saturated rings. The smallest absolute Gasteiger partial charge is 0.224 e. The Bertz CT molecular complexity index is 766. The van der Waals surface area contributed by atoms with Gasteiger partial charge in [0.05, 0.1) is 5.92 Å². The second-order valence-electron chi connectivity index (χ2n) is 7.14. The van der Waals surface area contributed by atoms with Gasteiger partial charge in [-0.25, -0.2) is 0 Å². The zero-order valence-corrected chi connectivity index (χ0v) is 15.7. The number of amides is 2. The van der Waals surface area contributed by atoms with Crippen LogP contribution in [0.3, 0.4) is 0 Å². The molecule has 1 aliphatic rings. The molecule has 0 saturated carbocycles. The molecular formula is C22H27N3O2. The molecule has 3 N–H and O–H groups in total. The molecular weight excluding hydrogens is 338 g/mol. The number of nitrogens with one attached hydrogen (secondary N) is 1. The van der Waals surface area contributed by atoms with Crippen molar-refractivity contribution in [1.29, 1.82) is 0 Å². The predicted octanol–water partition coefficient (Wildman–Crippen LogP) is 2.76. The van der Waals surface area contributed by atoms with Crippen LogP contribution in [0.25, 0.3) is 0 Å². The third-order valence-corrected chi connectivity index (χ3v) is 5.20. The summed E-state index contributed by atoms with van der Waals surface area (Å²) in [5, 5.41) is 2.91. The molecule has 3 rings (SSSR count). The van der Waals surface area contributed by atoms with Gasteiger partial charge in [0, 0.05) is 32.1 Å². The van der Waals surface area contributed by atoms with Gasteiger partial charge < -0.3 is 16.0 Å². The minimum atomic E-state index is -0.337. The number of nitrogens with two attached hydrogens (primary N) is 1. The highest BCUT2D eigenvalue weighted by Crippen LogP contribution is 2.23. The van der Waals surface area contributed by atoms with E-state index in [1.807, 2.05) is 54.3 Å². The number of fused-ring (bicyclic) bond motifs is 1. The van der Waals surface area contributed by atoms with Crippen molar-refractivity contribution in [3.8, 4) is 0 Å². The summed E-state index contributed by atoms with van der Waals surface area (Å²) in [7, 11) is 0. The Balaban J connectivity index is 1.38. The van der Waals surface area contributed by atoms with Crippen molar-refractivity contribution < 1.29 is 9.59 Å². The fraction of sp³-hybridized carbons (Fsp3) is 0.364. The number of carbonyl (C=O) groups is 2. The maximum absolute atomic E-state index is 12.4. The Labute approximate surface area is 160 Å². The van der Waals surface area contributed by atoms with Crippen molar-refractivity contribution >= 4 is 11.8 Å². The normalized spacial score (nSPS) is 15.1. The van der Waals surface area contributed by atoms with E-state index in [9.17, 15) is 9.59 Å². The Kier molecular flexibility index (Phi) is 6.24. The minimum absolute atomic E-state index is 0.0765. The lowest BCUT2D eigenvalue weighted by Crippen LogP contribution is -2.36. The van der Waals surface area contributed by atoms with Crippen molar-refractivity contribution in [2.24, 2.45) is 11.7 Å². The highest BCUT2D eigenvalue weighted by molar-refractivity contribution is 5.79. The predicted molar refractivity (Wildman–Crippen MR) is 105 cm³/mol. The van der Waals surface area contributed by atoms with Crippen molar-refractivity contribution in [3.63, 3.8) is 0 Å². The molecule has 0 aromatic heterocycles. The fourth-order valence-electron chi connectivity index (χ4n) is 3.41. The van der Waals surface area contributed by atoms with Crippen LogP contribution >= 0.6 is 0 Å².